The van der Waals surface area contributed by atoms with Gasteiger partial charge in [-0.05, 0) is 117 Å². The Labute approximate surface area is 240 Å². The van der Waals surface area contributed by atoms with E-state index >= 15 is 0 Å². The average molecular weight is 529 g/mol. The van der Waals surface area contributed by atoms with Gasteiger partial charge < -0.3 is 4.42 Å². The number of aryl methyl sites for hydroxylation is 2. The van der Waals surface area contributed by atoms with Crippen molar-refractivity contribution >= 4 is 38.6 Å². The molecule has 1 saturated carbocycles. The lowest BCUT2D eigenvalue weighted by Gasteiger charge is -2.22. The van der Waals surface area contributed by atoms with Crippen LogP contribution in [0.25, 0.3) is 60.8 Å². The fourth-order valence-corrected chi connectivity index (χ4v) is 7.38. The predicted molar refractivity (Wildman–Crippen MR) is 172 cm³/mol. The highest BCUT2D eigenvalue weighted by Crippen LogP contribution is 2.46. The second kappa shape index (κ2) is 8.82. The molecule has 0 spiro atoms. The molecule has 5 aromatic carbocycles. The zero-order valence-corrected chi connectivity index (χ0v) is 23.5. The van der Waals surface area contributed by atoms with Crippen molar-refractivity contribution in [1.29, 1.82) is 0 Å². The predicted octanol–water partition coefficient (Wildman–Crippen LogP) is 10.9. The van der Waals surface area contributed by atoms with Gasteiger partial charge in [-0.25, -0.2) is 0 Å². The van der Waals surface area contributed by atoms with Crippen molar-refractivity contribution in [2.24, 2.45) is 5.92 Å². The molecule has 0 saturated heterocycles. The molecule has 1 unspecified atom stereocenters. The van der Waals surface area contributed by atoms with E-state index in [2.05, 4.69) is 104 Å². The molecular weight excluding hydrogens is 496 g/mol. The lowest BCUT2D eigenvalue weighted by molar-refractivity contribution is 0.506. The van der Waals surface area contributed by atoms with Gasteiger partial charge in [0.2, 0.25) is 0 Å². The summed E-state index contributed by atoms with van der Waals surface area (Å²) in [5.74, 6) is 1.62. The highest BCUT2D eigenvalue weighted by molar-refractivity contribution is 6.21. The van der Waals surface area contributed by atoms with Crippen LogP contribution in [0.15, 0.2) is 107 Å². The summed E-state index contributed by atoms with van der Waals surface area (Å²) < 4.78 is 6.46. The Morgan fingerprint density at radius 3 is 1.88 bits per heavy atom. The minimum atomic E-state index is 0.492. The van der Waals surface area contributed by atoms with Crippen LogP contribution in [-0.4, -0.2) is 0 Å². The van der Waals surface area contributed by atoms with Gasteiger partial charge in [0.15, 0.2) is 0 Å². The summed E-state index contributed by atoms with van der Waals surface area (Å²) in [4.78, 5) is 0. The van der Waals surface area contributed by atoms with Crippen molar-refractivity contribution in [2.45, 2.75) is 45.4 Å². The van der Waals surface area contributed by atoms with E-state index in [0.717, 1.165) is 17.8 Å². The number of furan rings is 1. The third-order valence-corrected chi connectivity index (χ3v) is 9.92. The zero-order valence-electron chi connectivity index (χ0n) is 23.5. The van der Waals surface area contributed by atoms with Gasteiger partial charge in [-0.1, -0.05) is 91.4 Å². The van der Waals surface area contributed by atoms with Crippen LogP contribution < -0.4 is 0 Å². The molecule has 0 bridgehead atoms. The number of rotatable bonds is 3. The average Bonchev–Trinajstić information content (AvgIpc) is 3.30. The summed E-state index contributed by atoms with van der Waals surface area (Å²) in [7, 11) is 0. The van der Waals surface area contributed by atoms with E-state index in [4.69, 9.17) is 4.42 Å². The van der Waals surface area contributed by atoms with E-state index in [-0.39, 0.29) is 0 Å². The first kappa shape index (κ1) is 23.4. The van der Waals surface area contributed by atoms with E-state index in [9.17, 15) is 0 Å². The molecule has 1 aromatic heterocycles. The monoisotopic (exact) mass is 528 g/mol. The summed E-state index contributed by atoms with van der Waals surface area (Å²) in [6, 6.07) is 31.9. The maximum absolute atomic E-state index is 6.46. The van der Waals surface area contributed by atoms with Gasteiger partial charge in [0.1, 0.15) is 11.3 Å². The van der Waals surface area contributed by atoms with Crippen molar-refractivity contribution < 1.29 is 4.42 Å². The first-order chi connectivity index (χ1) is 20.2. The van der Waals surface area contributed by atoms with Gasteiger partial charge in [0.05, 0.1) is 0 Å². The van der Waals surface area contributed by atoms with Gasteiger partial charge in [0.25, 0.3) is 0 Å². The lowest BCUT2D eigenvalue weighted by atomic mass is 9.82. The standard InChI is InChI=1S/C40H32O/c1-24-19-38-36(23-30(24)20-25-7-6-8-25)35-22-29(17-18-37(35)41-38)40-33-11-4-2-9-31(33)39(32-10-3-5-12-34(32)40)28-16-14-26-13-15-27(26)21-28/h2-5,9-12,14,16-18,20-24H,6-8,13,15,19H2,1H3. The van der Waals surface area contributed by atoms with Crippen molar-refractivity contribution in [1.82, 2.24) is 0 Å². The van der Waals surface area contributed by atoms with Crippen molar-refractivity contribution in [2.75, 3.05) is 0 Å². The number of allylic oxidation sites excluding steroid dienone is 3. The Bertz CT molecular complexity index is 2050. The third kappa shape index (κ3) is 3.55. The Kier molecular flexibility index (Phi) is 5.02. The zero-order chi connectivity index (χ0) is 27.1. The Hall–Kier alpha value is -4.36. The molecule has 9 rings (SSSR count). The van der Waals surface area contributed by atoms with E-state index in [1.807, 2.05) is 0 Å². The van der Waals surface area contributed by atoms with E-state index < -0.39 is 0 Å². The second-order valence-corrected chi connectivity index (χ2v) is 12.4. The van der Waals surface area contributed by atoms with Crippen LogP contribution in [0.1, 0.15) is 48.6 Å². The summed E-state index contributed by atoms with van der Waals surface area (Å²) in [6.07, 6.45) is 12.1. The smallest absolute Gasteiger partial charge is 0.134 e. The molecule has 0 amide bonds. The fraction of sp³-hybridized carbons (Fsp3) is 0.200. The molecule has 1 nitrogen and oxygen atoms in total. The maximum atomic E-state index is 6.46. The summed E-state index contributed by atoms with van der Waals surface area (Å²) >= 11 is 0. The van der Waals surface area contributed by atoms with E-state index in [0.29, 0.717) is 5.92 Å². The molecule has 0 aliphatic heterocycles. The third-order valence-electron chi connectivity index (χ3n) is 9.92. The Morgan fingerprint density at radius 1 is 0.659 bits per heavy atom. The number of hydrogen-bond acceptors (Lipinski definition) is 1. The molecule has 3 aliphatic carbocycles. The molecule has 6 aromatic rings. The van der Waals surface area contributed by atoms with Crippen LogP contribution in [0, 0.1) is 5.92 Å². The number of benzene rings is 5. The minimum Gasteiger partial charge on any atom is -0.460 e. The van der Waals surface area contributed by atoms with Crippen LogP contribution in [0.5, 0.6) is 0 Å². The summed E-state index contributed by atoms with van der Waals surface area (Å²) in [5, 5.41) is 6.48. The summed E-state index contributed by atoms with van der Waals surface area (Å²) in [6.45, 7) is 2.34. The van der Waals surface area contributed by atoms with Crippen LogP contribution in [-0.2, 0) is 19.3 Å². The van der Waals surface area contributed by atoms with Gasteiger partial charge >= 0.3 is 0 Å². The van der Waals surface area contributed by atoms with Crippen molar-refractivity contribution in [3.05, 3.63) is 125 Å². The second-order valence-electron chi connectivity index (χ2n) is 12.4. The van der Waals surface area contributed by atoms with Gasteiger partial charge in [-0.15, -0.1) is 0 Å². The first-order valence-corrected chi connectivity index (χ1v) is 15.2. The molecule has 1 fully saturated rings. The van der Waals surface area contributed by atoms with Gasteiger partial charge in [-0.3, -0.25) is 0 Å². The van der Waals surface area contributed by atoms with Gasteiger partial charge in [-0.2, -0.15) is 0 Å². The van der Waals surface area contributed by atoms with E-state index in [1.54, 1.807) is 5.57 Å². The molecule has 198 valence electrons. The normalized spacial score (nSPS) is 17.6. The molecular formula is C40H32O. The minimum absolute atomic E-state index is 0.492. The largest absolute Gasteiger partial charge is 0.460 e. The number of hydrogen-bond donors (Lipinski definition) is 0. The Balaban J connectivity index is 1.29. The van der Waals surface area contributed by atoms with Crippen molar-refractivity contribution in [3.8, 4) is 22.3 Å². The molecule has 1 heteroatoms. The fourth-order valence-electron chi connectivity index (χ4n) is 7.38. The van der Waals surface area contributed by atoms with Crippen LogP contribution in [0.3, 0.4) is 0 Å². The highest BCUT2D eigenvalue weighted by Gasteiger charge is 2.25. The highest BCUT2D eigenvalue weighted by atomic mass is 16.3. The van der Waals surface area contributed by atoms with Crippen LogP contribution in [0.2, 0.25) is 0 Å². The molecule has 0 N–H and O–H groups in total. The SMILES string of the molecule is CC1Cc2oc3ccc(-c4c5ccccc5c(-c5ccc6c(c5)CC6)c5ccccc45)cc3c2C=C1C=C1CCC1. The number of fused-ring (bicyclic) bond motifs is 6. The van der Waals surface area contributed by atoms with Gasteiger partial charge in [0, 0.05) is 17.4 Å². The molecule has 3 aliphatic rings. The first-order valence-electron chi connectivity index (χ1n) is 15.2. The molecule has 1 atom stereocenters. The van der Waals surface area contributed by atoms with Crippen LogP contribution >= 0.6 is 0 Å². The quantitative estimate of drug-likeness (QED) is 0.208. The van der Waals surface area contributed by atoms with Crippen molar-refractivity contribution in [3.63, 3.8) is 0 Å². The van der Waals surface area contributed by atoms with Crippen LogP contribution in [0.4, 0.5) is 0 Å². The topological polar surface area (TPSA) is 13.1 Å². The lowest BCUT2D eigenvalue weighted by Crippen LogP contribution is -2.09. The molecule has 0 radical (unpaired) electrons. The maximum Gasteiger partial charge on any atom is 0.134 e. The molecule has 1 heterocycles. The van der Waals surface area contributed by atoms with E-state index in [1.165, 1.54) is 104 Å². The summed E-state index contributed by atoms with van der Waals surface area (Å²) in [5.41, 5.74) is 13.6. The Morgan fingerprint density at radius 2 is 1.29 bits per heavy atom. The molecule has 41 heavy (non-hydrogen) atoms.